The third kappa shape index (κ3) is 4.98. The molecule has 0 bridgehead atoms. The lowest BCUT2D eigenvalue weighted by molar-refractivity contribution is 0.223. The highest BCUT2D eigenvalue weighted by Crippen LogP contribution is 2.26. The number of phenols is 2. The largest absolute Gasteiger partial charge is 0.508 e. The highest BCUT2D eigenvalue weighted by molar-refractivity contribution is 5.83. The first-order valence-corrected chi connectivity index (χ1v) is 8.23. The van der Waals surface area contributed by atoms with Crippen LogP contribution >= 0.6 is 0 Å². The van der Waals surface area contributed by atoms with Gasteiger partial charge < -0.3 is 19.7 Å². The molecule has 0 spiro atoms. The first kappa shape index (κ1) is 18.8. The Morgan fingerprint density at radius 3 is 2.28 bits per heavy atom. The minimum Gasteiger partial charge on any atom is -0.508 e. The monoisotopic (exact) mass is 343 g/mol. The predicted molar refractivity (Wildman–Crippen MR) is 98.5 cm³/mol. The molecule has 25 heavy (non-hydrogen) atoms. The van der Waals surface area contributed by atoms with Crippen molar-refractivity contribution >= 4 is 11.0 Å². The Labute approximate surface area is 147 Å². The van der Waals surface area contributed by atoms with E-state index in [0.29, 0.717) is 11.5 Å². The Morgan fingerprint density at radius 2 is 1.72 bits per heavy atom. The summed E-state index contributed by atoms with van der Waals surface area (Å²) in [7, 11) is 0. The Balaban J connectivity index is 0.000000185. The fourth-order valence-electron chi connectivity index (χ4n) is 2.69. The molecule has 1 heterocycles. The number of hydrogen-bond donors (Lipinski definition) is 4. The van der Waals surface area contributed by atoms with Crippen LogP contribution in [0.15, 0.2) is 52.9 Å². The average molecular weight is 343 g/mol. The third-order valence-corrected chi connectivity index (χ3v) is 3.88. The molecule has 0 radical (unpaired) electrons. The molecule has 0 amide bonds. The Morgan fingerprint density at radius 1 is 1.04 bits per heavy atom. The van der Waals surface area contributed by atoms with Gasteiger partial charge >= 0.3 is 0 Å². The van der Waals surface area contributed by atoms with Crippen LogP contribution in [-0.4, -0.2) is 22.1 Å². The van der Waals surface area contributed by atoms with Gasteiger partial charge in [-0.3, -0.25) is 5.32 Å². The second kappa shape index (κ2) is 8.55. The number of aromatic hydroxyl groups is 2. The Hall–Kier alpha value is -2.50. The molecule has 5 heteroatoms. The van der Waals surface area contributed by atoms with Crippen LogP contribution in [0.3, 0.4) is 0 Å². The summed E-state index contributed by atoms with van der Waals surface area (Å²) in [6, 6.07) is 14.4. The van der Waals surface area contributed by atoms with E-state index in [2.05, 4.69) is 19.2 Å². The molecule has 5 nitrogen and oxygen atoms in total. The zero-order valence-electron chi connectivity index (χ0n) is 14.7. The number of nitrogens with one attached hydrogen (secondary N) is 1. The van der Waals surface area contributed by atoms with E-state index in [1.165, 1.54) is 0 Å². The van der Waals surface area contributed by atoms with E-state index in [0.717, 1.165) is 16.7 Å². The first-order chi connectivity index (χ1) is 11.9. The van der Waals surface area contributed by atoms with Crippen molar-refractivity contribution in [2.45, 2.75) is 26.8 Å². The molecule has 3 rings (SSSR count). The van der Waals surface area contributed by atoms with E-state index in [-0.39, 0.29) is 24.3 Å². The van der Waals surface area contributed by atoms with Crippen LogP contribution in [0.25, 0.3) is 11.0 Å². The normalized spacial score (nSPS) is 12.0. The van der Waals surface area contributed by atoms with Gasteiger partial charge in [0, 0.05) is 11.4 Å². The van der Waals surface area contributed by atoms with Gasteiger partial charge in [0.15, 0.2) is 11.3 Å². The fraction of sp³-hybridized carbons (Fsp3) is 0.300. The summed E-state index contributed by atoms with van der Waals surface area (Å²) in [5.74, 6) is 1.68. The molecule has 1 aromatic heterocycles. The average Bonchev–Trinajstić information content (AvgIpc) is 2.96. The minimum absolute atomic E-state index is 0.0380. The minimum atomic E-state index is -0.0380. The molecule has 4 N–H and O–H groups in total. The SMILES string of the molecule is CC(C)C(NCO)c1ccc(O)cc1.Cc1cc2cccc(O)c2o1. The van der Waals surface area contributed by atoms with Crippen molar-refractivity contribution in [3.63, 3.8) is 0 Å². The van der Waals surface area contributed by atoms with E-state index in [9.17, 15) is 5.11 Å². The van der Waals surface area contributed by atoms with Crippen molar-refractivity contribution in [1.82, 2.24) is 5.32 Å². The van der Waals surface area contributed by atoms with Crippen molar-refractivity contribution in [2.24, 2.45) is 5.92 Å². The van der Waals surface area contributed by atoms with Gasteiger partial charge in [0.1, 0.15) is 11.5 Å². The maximum absolute atomic E-state index is 9.29. The second-order valence-electron chi connectivity index (χ2n) is 6.23. The van der Waals surface area contributed by atoms with Gasteiger partial charge in [-0.2, -0.15) is 0 Å². The van der Waals surface area contributed by atoms with E-state index in [4.69, 9.17) is 14.6 Å². The van der Waals surface area contributed by atoms with Crippen LogP contribution in [-0.2, 0) is 0 Å². The number of aryl methyl sites for hydroxylation is 1. The number of furan rings is 1. The lowest BCUT2D eigenvalue weighted by Crippen LogP contribution is -2.26. The zero-order valence-corrected chi connectivity index (χ0v) is 14.7. The summed E-state index contributed by atoms with van der Waals surface area (Å²) in [5, 5.41) is 31.2. The number of phenolic OH excluding ortho intramolecular Hbond substituents is 2. The topological polar surface area (TPSA) is 85.9 Å². The van der Waals surface area contributed by atoms with Crippen LogP contribution in [0.1, 0.15) is 31.2 Å². The maximum Gasteiger partial charge on any atom is 0.175 e. The summed E-state index contributed by atoms with van der Waals surface area (Å²) in [4.78, 5) is 0. The van der Waals surface area contributed by atoms with Gasteiger partial charge in [-0.1, -0.05) is 38.1 Å². The number of hydrogen-bond acceptors (Lipinski definition) is 5. The van der Waals surface area contributed by atoms with Crippen molar-refractivity contribution in [2.75, 3.05) is 6.73 Å². The molecule has 0 fully saturated rings. The lowest BCUT2D eigenvalue weighted by atomic mass is 9.96. The Kier molecular flexibility index (Phi) is 6.44. The van der Waals surface area contributed by atoms with Gasteiger partial charge in [-0.15, -0.1) is 0 Å². The van der Waals surface area contributed by atoms with Crippen LogP contribution < -0.4 is 5.32 Å². The van der Waals surface area contributed by atoms with Crippen molar-refractivity contribution < 1.29 is 19.7 Å². The standard InChI is InChI=1S/C11H17NO2.C9H8O2/c1-8(2)11(12-7-13)9-3-5-10(14)6-4-9;1-6-5-7-3-2-4-8(10)9(7)11-6/h3-6,8,11-14H,7H2,1-2H3;2-5,10H,1H3. The molecule has 0 aliphatic rings. The molecular weight excluding hydrogens is 318 g/mol. The molecule has 0 saturated heterocycles. The summed E-state index contributed by atoms with van der Waals surface area (Å²) < 4.78 is 5.25. The predicted octanol–water partition coefficient (Wildman–Crippen LogP) is 4.08. The van der Waals surface area contributed by atoms with Crippen LogP contribution in [0.4, 0.5) is 0 Å². The van der Waals surface area contributed by atoms with Crippen LogP contribution in [0.2, 0.25) is 0 Å². The number of benzene rings is 2. The number of fused-ring (bicyclic) bond motifs is 1. The van der Waals surface area contributed by atoms with E-state index < -0.39 is 0 Å². The Bertz CT molecular complexity index is 793. The van der Waals surface area contributed by atoms with Gasteiger partial charge in [0.05, 0.1) is 6.73 Å². The number of rotatable bonds is 4. The molecule has 2 aromatic carbocycles. The zero-order chi connectivity index (χ0) is 18.4. The molecule has 1 atom stereocenters. The molecule has 0 aliphatic carbocycles. The van der Waals surface area contributed by atoms with Crippen LogP contribution in [0.5, 0.6) is 11.5 Å². The molecule has 0 saturated carbocycles. The summed E-state index contributed by atoms with van der Waals surface area (Å²) >= 11 is 0. The van der Waals surface area contributed by atoms with Crippen LogP contribution in [0, 0.1) is 12.8 Å². The van der Waals surface area contributed by atoms with E-state index in [1.807, 2.05) is 31.2 Å². The van der Waals surface area contributed by atoms with E-state index in [1.54, 1.807) is 24.3 Å². The smallest absolute Gasteiger partial charge is 0.175 e. The molecule has 1 unspecified atom stereocenters. The van der Waals surface area contributed by atoms with Gasteiger partial charge in [-0.05, 0) is 42.7 Å². The van der Waals surface area contributed by atoms with E-state index >= 15 is 0 Å². The number of aliphatic hydroxyl groups excluding tert-OH is 1. The first-order valence-electron chi connectivity index (χ1n) is 8.23. The third-order valence-electron chi connectivity index (χ3n) is 3.88. The summed E-state index contributed by atoms with van der Waals surface area (Å²) in [5.41, 5.74) is 1.65. The quantitative estimate of drug-likeness (QED) is 0.536. The second-order valence-corrected chi connectivity index (χ2v) is 6.23. The highest BCUT2D eigenvalue weighted by atomic mass is 16.4. The van der Waals surface area contributed by atoms with Crippen molar-refractivity contribution in [3.05, 3.63) is 59.9 Å². The molecule has 3 aromatic rings. The fourth-order valence-corrected chi connectivity index (χ4v) is 2.69. The maximum atomic E-state index is 9.29. The van der Waals surface area contributed by atoms with Crippen molar-refractivity contribution in [1.29, 1.82) is 0 Å². The molecule has 134 valence electrons. The lowest BCUT2D eigenvalue weighted by Gasteiger charge is -2.21. The summed E-state index contributed by atoms with van der Waals surface area (Å²) in [6.45, 7) is 5.99. The van der Waals surface area contributed by atoms with Gasteiger partial charge in [0.2, 0.25) is 0 Å². The molecular formula is C20H25NO4. The van der Waals surface area contributed by atoms with Crippen molar-refractivity contribution in [3.8, 4) is 11.5 Å². The van der Waals surface area contributed by atoms with Gasteiger partial charge in [0.25, 0.3) is 0 Å². The summed E-state index contributed by atoms with van der Waals surface area (Å²) in [6.07, 6.45) is 0. The number of para-hydroxylation sites is 1. The highest BCUT2D eigenvalue weighted by Gasteiger charge is 2.14. The molecule has 0 aliphatic heterocycles. The van der Waals surface area contributed by atoms with Gasteiger partial charge in [-0.25, -0.2) is 0 Å². The number of aliphatic hydroxyl groups is 1.